The molecule has 0 saturated carbocycles. The summed E-state index contributed by atoms with van der Waals surface area (Å²) in [5.74, 6) is 1.45. The van der Waals surface area contributed by atoms with E-state index >= 15 is 0 Å². The zero-order valence-corrected chi connectivity index (χ0v) is 21.7. The van der Waals surface area contributed by atoms with Gasteiger partial charge in [-0.2, -0.15) is 0 Å². The molecule has 0 aromatic heterocycles. The van der Waals surface area contributed by atoms with Gasteiger partial charge in [-0.05, 0) is 36.8 Å². The van der Waals surface area contributed by atoms with Crippen LogP contribution in [0.1, 0.15) is 63.0 Å². The fourth-order valence-corrected chi connectivity index (χ4v) is 4.99. The summed E-state index contributed by atoms with van der Waals surface area (Å²) >= 11 is 0. The summed E-state index contributed by atoms with van der Waals surface area (Å²) in [5, 5.41) is 0. The molecule has 0 atom stereocenters. The number of ether oxygens (including phenoxy) is 3. The summed E-state index contributed by atoms with van der Waals surface area (Å²) < 4.78 is 18.4. The molecule has 3 aromatic rings. The van der Waals surface area contributed by atoms with E-state index in [-0.39, 0.29) is 5.97 Å². The smallest absolute Gasteiger partial charge is 0.311 e. The van der Waals surface area contributed by atoms with Crippen molar-refractivity contribution in [1.29, 1.82) is 0 Å². The number of hydrogen-bond acceptors (Lipinski definition) is 6. The molecule has 2 aliphatic rings. The van der Waals surface area contributed by atoms with Gasteiger partial charge in [0, 0.05) is 28.9 Å². The molecule has 0 bridgehead atoms. The molecule has 5 rings (SSSR count). The van der Waals surface area contributed by atoms with Crippen LogP contribution in [0.5, 0.6) is 17.2 Å². The first-order chi connectivity index (χ1) is 18.2. The van der Waals surface area contributed by atoms with Crippen LogP contribution in [0, 0.1) is 0 Å². The lowest BCUT2D eigenvalue weighted by molar-refractivity contribution is -0.134. The largest absolute Gasteiger partial charge is 0.469 e. The summed E-state index contributed by atoms with van der Waals surface area (Å²) in [4.78, 5) is 17.2. The molecule has 2 heterocycles. The molecule has 0 saturated heterocycles. The van der Waals surface area contributed by atoms with Crippen molar-refractivity contribution < 1.29 is 19.0 Å². The molecule has 0 unspecified atom stereocenters. The van der Waals surface area contributed by atoms with Crippen LogP contribution in [-0.2, 0) is 17.9 Å². The van der Waals surface area contributed by atoms with Gasteiger partial charge in [-0.25, -0.2) is 0 Å². The molecule has 0 fully saturated rings. The Morgan fingerprint density at radius 2 is 1.27 bits per heavy atom. The molecule has 0 aliphatic carbocycles. The third kappa shape index (κ3) is 6.01. The summed E-state index contributed by atoms with van der Waals surface area (Å²) in [7, 11) is 0. The van der Waals surface area contributed by atoms with Gasteiger partial charge in [-0.1, -0.05) is 75.4 Å². The third-order valence-electron chi connectivity index (χ3n) is 6.99. The van der Waals surface area contributed by atoms with E-state index in [0.717, 1.165) is 41.8 Å². The number of para-hydroxylation sites is 2. The Kier molecular flexibility index (Phi) is 8.14. The lowest BCUT2D eigenvalue weighted by atomic mass is 10.0. The highest BCUT2D eigenvalue weighted by Crippen LogP contribution is 2.47. The highest BCUT2D eigenvalue weighted by atomic mass is 16.6. The Balaban J connectivity index is 1.37. The van der Waals surface area contributed by atoms with Crippen LogP contribution in [0.4, 0.5) is 11.4 Å². The minimum absolute atomic E-state index is 0.228. The number of carbonyl (C=O) groups is 1. The Morgan fingerprint density at radius 3 is 1.81 bits per heavy atom. The van der Waals surface area contributed by atoms with E-state index in [1.807, 2.05) is 36.4 Å². The first-order valence-electron chi connectivity index (χ1n) is 13.5. The SMILES string of the molecule is CCCCCCCCC(=O)Oc1c2c(cc3c1OCN(c1ccccc1)C3)CN(c1ccccc1)CO2. The molecule has 0 amide bonds. The fraction of sp³-hybridized carbons (Fsp3) is 0.387. The molecule has 0 N–H and O–H groups in total. The predicted octanol–water partition coefficient (Wildman–Crippen LogP) is 7.06. The van der Waals surface area contributed by atoms with E-state index in [0.29, 0.717) is 50.2 Å². The molecular formula is C31H36N2O4. The quantitative estimate of drug-likeness (QED) is 0.169. The van der Waals surface area contributed by atoms with Crippen LogP contribution in [-0.4, -0.2) is 19.4 Å². The zero-order valence-electron chi connectivity index (χ0n) is 21.7. The predicted molar refractivity (Wildman–Crippen MR) is 146 cm³/mol. The van der Waals surface area contributed by atoms with E-state index in [1.54, 1.807) is 0 Å². The second kappa shape index (κ2) is 12.0. The number of fused-ring (bicyclic) bond motifs is 2. The summed E-state index contributed by atoms with van der Waals surface area (Å²) in [6, 6.07) is 22.6. The van der Waals surface area contributed by atoms with Gasteiger partial charge < -0.3 is 24.0 Å². The number of anilines is 2. The number of unbranched alkanes of at least 4 members (excludes halogenated alkanes) is 5. The minimum Gasteiger partial charge on any atom is -0.469 e. The molecule has 37 heavy (non-hydrogen) atoms. The molecule has 0 spiro atoms. The van der Waals surface area contributed by atoms with Crippen LogP contribution in [0.3, 0.4) is 0 Å². The van der Waals surface area contributed by atoms with Gasteiger partial charge in [0.05, 0.1) is 13.1 Å². The normalized spacial score (nSPS) is 14.3. The van der Waals surface area contributed by atoms with Crippen LogP contribution in [0.25, 0.3) is 0 Å². The molecule has 0 radical (unpaired) electrons. The number of rotatable bonds is 10. The van der Waals surface area contributed by atoms with Crippen molar-refractivity contribution in [3.63, 3.8) is 0 Å². The monoisotopic (exact) mass is 500 g/mol. The highest BCUT2D eigenvalue weighted by molar-refractivity contribution is 5.76. The van der Waals surface area contributed by atoms with Crippen molar-refractivity contribution in [3.05, 3.63) is 77.9 Å². The first-order valence-corrected chi connectivity index (χ1v) is 13.5. The average molecular weight is 501 g/mol. The molecule has 2 aliphatic heterocycles. The maximum absolute atomic E-state index is 12.9. The maximum Gasteiger partial charge on any atom is 0.311 e. The number of nitrogens with zero attached hydrogens (tertiary/aromatic N) is 2. The molecule has 3 aromatic carbocycles. The molecular weight excluding hydrogens is 464 g/mol. The second-order valence-electron chi connectivity index (χ2n) is 9.79. The first kappa shape index (κ1) is 25.0. The zero-order chi connectivity index (χ0) is 25.5. The van der Waals surface area contributed by atoms with Gasteiger partial charge in [0.1, 0.15) is 0 Å². The van der Waals surface area contributed by atoms with Crippen LogP contribution < -0.4 is 24.0 Å². The summed E-state index contributed by atoms with van der Waals surface area (Å²) in [5.41, 5.74) is 4.17. The van der Waals surface area contributed by atoms with Crippen molar-refractivity contribution in [3.8, 4) is 17.2 Å². The highest BCUT2D eigenvalue weighted by Gasteiger charge is 2.31. The van der Waals surface area contributed by atoms with E-state index in [9.17, 15) is 4.79 Å². The van der Waals surface area contributed by atoms with Gasteiger partial charge in [0.2, 0.25) is 5.75 Å². The molecule has 194 valence electrons. The van der Waals surface area contributed by atoms with Crippen molar-refractivity contribution in [1.82, 2.24) is 0 Å². The number of carbonyl (C=O) groups excluding carboxylic acids is 1. The Labute approximate surface area is 219 Å². The van der Waals surface area contributed by atoms with E-state index in [4.69, 9.17) is 14.2 Å². The number of esters is 1. The van der Waals surface area contributed by atoms with Gasteiger partial charge in [-0.3, -0.25) is 4.79 Å². The summed E-state index contributed by atoms with van der Waals surface area (Å²) in [6.07, 6.45) is 7.14. The standard InChI is InChI=1S/C31H36N2O4/c1-2-3-4-5-6-13-18-28(34)37-31-29-24(20-32(22-35-29)26-14-9-7-10-15-26)19-25-21-33(23-36-30(25)31)27-16-11-8-12-17-27/h7-12,14-17,19H,2-6,13,18,20-23H2,1H3. The molecule has 6 heteroatoms. The number of hydrogen-bond donors (Lipinski definition) is 0. The van der Waals surface area contributed by atoms with Gasteiger partial charge in [0.25, 0.3) is 0 Å². The molecule has 6 nitrogen and oxygen atoms in total. The lowest BCUT2D eigenvalue weighted by Crippen LogP contribution is -2.35. The lowest BCUT2D eigenvalue weighted by Gasteiger charge is -2.36. The van der Waals surface area contributed by atoms with Gasteiger partial charge in [0.15, 0.2) is 25.0 Å². The van der Waals surface area contributed by atoms with Crippen molar-refractivity contribution >= 4 is 17.3 Å². The van der Waals surface area contributed by atoms with Crippen LogP contribution in [0.15, 0.2) is 66.7 Å². The van der Waals surface area contributed by atoms with E-state index in [2.05, 4.69) is 47.1 Å². The topological polar surface area (TPSA) is 51.2 Å². The second-order valence-corrected chi connectivity index (χ2v) is 9.79. The fourth-order valence-electron chi connectivity index (χ4n) is 4.99. The third-order valence-corrected chi connectivity index (χ3v) is 6.99. The van der Waals surface area contributed by atoms with Gasteiger partial charge >= 0.3 is 5.97 Å². The number of benzene rings is 3. The van der Waals surface area contributed by atoms with Gasteiger partial charge in [-0.15, -0.1) is 0 Å². The Bertz CT molecular complexity index is 1110. The van der Waals surface area contributed by atoms with Crippen LogP contribution >= 0.6 is 0 Å². The van der Waals surface area contributed by atoms with E-state index < -0.39 is 0 Å². The maximum atomic E-state index is 12.9. The van der Waals surface area contributed by atoms with Crippen molar-refractivity contribution in [2.24, 2.45) is 0 Å². The van der Waals surface area contributed by atoms with Crippen LogP contribution in [0.2, 0.25) is 0 Å². The minimum atomic E-state index is -0.228. The van der Waals surface area contributed by atoms with Crippen molar-refractivity contribution in [2.45, 2.75) is 65.0 Å². The average Bonchev–Trinajstić information content (AvgIpc) is 2.95. The Hall–Kier alpha value is -3.67. The summed E-state index contributed by atoms with van der Waals surface area (Å²) in [6.45, 7) is 4.31. The van der Waals surface area contributed by atoms with Crippen molar-refractivity contribution in [2.75, 3.05) is 23.3 Å². The van der Waals surface area contributed by atoms with E-state index in [1.165, 1.54) is 19.3 Å². The Morgan fingerprint density at radius 1 is 0.757 bits per heavy atom.